The monoisotopic (exact) mass is 379 g/mol. The number of furan rings is 1. The minimum Gasteiger partial charge on any atom is -0.459 e. The standard InChI is InChI=1S/C20H17N3O3S/c1-27-15-10-8-14(9-11-15)13-21-23-19(24)16-5-2-3-6-17(16)22-20(25)18-7-4-12-26-18/h2-13H,1H3,(H,22,25)(H,23,24)/b21-13-. The largest absolute Gasteiger partial charge is 0.459 e. The van der Waals surface area contributed by atoms with Gasteiger partial charge in [-0.3, -0.25) is 9.59 Å². The summed E-state index contributed by atoms with van der Waals surface area (Å²) in [6.45, 7) is 0. The van der Waals surface area contributed by atoms with Crippen LogP contribution >= 0.6 is 11.8 Å². The van der Waals surface area contributed by atoms with E-state index in [0.717, 1.165) is 10.5 Å². The Balaban J connectivity index is 1.67. The molecule has 136 valence electrons. The van der Waals surface area contributed by atoms with E-state index in [0.29, 0.717) is 11.3 Å². The van der Waals surface area contributed by atoms with E-state index in [1.165, 1.54) is 6.26 Å². The Morgan fingerprint density at radius 1 is 1.00 bits per heavy atom. The van der Waals surface area contributed by atoms with Crippen molar-refractivity contribution in [1.82, 2.24) is 5.43 Å². The SMILES string of the molecule is CSc1ccc(/C=N\NC(=O)c2ccccc2NC(=O)c2ccco2)cc1. The average Bonchev–Trinajstić information content (AvgIpc) is 3.24. The maximum Gasteiger partial charge on any atom is 0.291 e. The molecule has 27 heavy (non-hydrogen) atoms. The number of hydrogen-bond donors (Lipinski definition) is 2. The molecule has 0 radical (unpaired) electrons. The van der Waals surface area contributed by atoms with Crippen LogP contribution in [0, 0.1) is 0 Å². The van der Waals surface area contributed by atoms with Crippen LogP contribution in [-0.2, 0) is 0 Å². The van der Waals surface area contributed by atoms with E-state index in [9.17, 15) is 9.59 Å². The molecule has 0 unspecified atom stereocenters. The van der Waals surface area contributed by atoms with Gasteiger partial charge in [0, 0.05) is 4.90 Å². The van der Waals surface area contributed by atoms with E-state index in [1.54, 1.807) is 54.4 Å². The molecule has 2 amide bonds. The number of para-hydroxylation sites is 1. The second kappa shape index (κ2) is 8.86. The van der Waals surface area contributed by atoms with Crippen molar-refractivity contribution >= 4 is 35.5 Å². The molecule has 1 heterocycles. The van der Waals surface area contributed by atoms with E-state index >= 15 is 0 Å². The molecular weight excluding hydrogens is 362 g/mol. The molecule has 6 nitrogen and oxygen atoms in total. The molecule has 0 aliphatic heterocycles. The molecule has 3 aromatic rings. The van der Waals surface area contributed by atoms with Gasteiger partial charge in [-0.1, -0.05) is 24.3 Å². The predicted octanol–water partition coefficient (Wildman–Crippen LogP) is 4.02. The van der Waals surface area contributed by atoms with Gasteiger partial charge in [-0.25, -0.2) is 5.43 Å². The molecule has 0 fully saturated rings. The highest BCUT2D eigenvalue weighted by Gasteiger charge is 2.14. The van der Waals surface area contributed by atoms with Crippen LogP contribution in [0.25, 0.3) is 0 Å². The third kappa shape index (κ3) is 4.86. The lowest BCUT2D eigenvalue weighted by Crippen LogP contribution is -2.21. The Labute approximate surface area is 160 Å². The lowest BCUT2D eigenvalue weighted by Gasteiger charge is -2.08. The summed E-state index contributed by atoms with van der Waals surface area (Å²) in [7, 11) is 0. The Morgan fingerprint density at radius 3 is 2.48 bits per heavy atom. The van der Waals surface area contributed by atoms with E-state index in [-0.39, 0.29) is 5.76 Å². The third-order valence-electron chi connectivity index (χ3n) is 3.66. The van der Waals surface area contributed by atoms with Gasteiger partial charge in [0.25, 0.3) is 11.8 Å². The maximum absolute atomic E-state index is 12.4. The second-order valence-electron chi connectivity index (χ2n) is 5.45. The highest BCUT2D eigenvalue weighted by Crippen LogP contribution is 2.17. The van der Waals surface area contributed by atoms with E-state index in [2.05, 4.69) is 15.8 Å². The number of carbonyl (C=O) groups is 2. The molecule has 0 atom stereocenters. The van der Waals surface area contributed by atoms with Gasteiger partial charge in [0.1, 0.15) is 0 Å². The molecule has 3 rings (SSSR count). The molecule has 2 aromatic carbocycles. The third-order valence-corrected chi connectivity index (χ3v) is 4.40. The van der Waals surface area contributed by atoms with Crippen LogP contribution in [0.5, 0.6) is 0 Å². The molecule has 0 saturated carbocycles. The summed E-state index contributed by atoms with van der Waals surface area (Å²) in [5, 5.41) is 6.65. The molecule has 0 aliphatic rings. The molecule has 0 spiro atoms. The summed E-state index contributed by atoms with van der Waals surface area (Å²) in [5.41, 5.74) is 4.01. The van der Waals surface area contributed by atoms with Gasteiger partial charge in [-0.15, -0.1) is 11.8 Å². The summed E-state index contributed by atoms with van der Waals surface area (Å²) < 4.78 is 5.06. The first-order valence-corrected chi connectivity index (χ1v) is 9.31. The number of amides is 2. The highest BCUT2D eigenvalue weighted by molar-refractivity contribution is 7.98. The molecule has 7 heteroatoms. The zero-order valence-corrected chi connectivity index (χ0v) is 15.3. The number of thioether (sulfide) groups is 1. The topological polar surface area (TPSA) is 83.7 Å². The normalized spacial score (nSPS) is 10.7. The number of nitrogens with one attached hydrogen (secondary N) is 2. The van der Waals surface area contributed by atoms with Crippen molar-refractivity contribution < 1.29 is 14.0 Å². The van der Waals surface area contributed by atoms with Gasteiger partial charge in [0.15, 0.2) is 5.76 Å². The highest BCUT2D eigenvalue weighted by atomic mass is 32.2. The van der Waals surface area contributed by atoms with Crippen molar-refractivity contribution in [1.29, 1.82) is 0 Å². The van der Waals surface area contributed by atoms with E-state index < -0.39 is 11.8 Å². The van der Waals surface area contributed by atoms with Crippen LogP contribution in [0.4, 0.5) is 5.69 Å². The van der Waals surface area contributed by atoms with Gasteiger partial charge >= 0.3 is 0 Å². The quantitative estimate of drug-likeness (QED) is 0.385. The maximum atomic E-state index is 12.4. The van der Waals surface area contributed by atoms with Crippen molar-refractivity contribution in [3.05, 3.63) is 83.8 Å². The number of nitrogens with zero attached hydrogens (tertiary/aromatic N) is 1. The second-order valence-corrected chi connectivity index (χ2v) is 6.33. The number of rotatable bonds is 6. The van der Waals surface area contributed by atoms with E-state index in [1.807, 2.05) is 30.5 Å². The van der Waals surface area contributed by atoms with Gasteiger partial charge in [-0.05, 0) is 48.2 Å². The minimum atomic E-state index is -0.433. The lowest BCUT2D eigenvalue weighted by atomic mass is 10.1. The van der Waals surface area contributed by atoms with Crippen molar-refractivity contribution in [2.45, 2.75) is 4.90 Å². The molecule has 0 saturated heterocycles. The van der Waals surface area contributed by atoms with Crippen LogP contribution in [0.15, 0.2) is 81.3 Å². The predicted molar refractivity (Wildman–Crippen MR) is 106 cm³/mol. The number of hydrazone groups is 1. The number of carbonyl (C=O) groups excluding carboxylic acids is 2. The lowest BCUT2D eigenvalue weighted by molar-refractivity contribution is 0.0956. The average molecular weight is 379 g/mol. The van der Waals surface area contributed by atoms with Crippen LogP contribution in [0.3, 0.4) is 0 Å². The smallest absolute Gasteiger partial charge is 0.291 e. The van der Waals surface area contributed by atoms with Crippen LogP contribution < -0.4 is 10.7 Å². The first-order chi connectivity index (χ1) is 13.2. The Bertz CT molecular complexity index is 951. The van der Waals surface area contributed by atoms with Gasteiger partial charge in [0.2, 0.25) is 0 Å². The summed E-state index contributed by atoms with van der Waals surface area (Å²) in [6, 6.07) is 17.6. The first kappa shape index (κ1) is 18.5. The van der Waals surface area contributed by atoms with Crippen molar-refractivity contribution in [3.63, 3.8) is 0 Å². The summed E-state index contributed by atoms with van der Waals surface area (Å²) in [4.78, 5) is 25.7. The number of benzene rings is 2. The van der Waals surface area contributed by atoms with Crippen molar-refractivity contribution in [2.24, 2.45) is 5.10 Å². The molecular formula is C20H17N3O3S. The Hall–Kier alpha value is -3.32. The van der Waals surface area contributed by atoms with Crippen molar-refractivity contribution in [3.8, 4) is 0 Å². The molecule has 0 bridgehead atoms. The first-order valence-electron chi connectivity index (χ1n) is 8.08. The Morgan fingerprint density at radius 2 is 1.78 bits per heavy atom. The zero-order valence-electron chi connectivity index (χ0n) is 14.5. The number of anilines is 1. The molecule has 0 aliphatic carbocycles. The van der Waals surface area contributed by atoms with Crippen LogP contribution in [0.2, 0.25) is 0 Å². The van der Waals surface area contributed by atoms with Gasteiger partial charge in [0.05, 0.1) is 23.7 Å². The Kier molecular flexibility index (Phi) is 6.06. The molecule has 2 N–H and O–H groups in total. The summed E-state index contributed by atoms with van der Waals surface area (Å²) >= 11 is 1.65. The van der Waals surface area contributed by atoms with Crippen molar-refractivity contribution in [2.75, 3.05) is 11.6 Å². The fraction of sp³-hybridized carbons (Fsp3) is 0.0500. The zero-order chi connectivity index (χ0) is 19.1. The fourth-order valence-electron chi connectivity index (χ4n) is 2.30. The minimum absolute atomic E-state index is 0.164. The summed E-state index contributed by atoms with van der Waals surface area (Å²) in [6.07, 6.45) is 4.98. The van der Waals surface area contributed by atoms with Gasteiger partial charge < -0.3 is 9.73 Å². The van der Waals surface area contributed by atoms with Crippen LogP contribution in [0.1, 0.15) is 26.5 Å². The summed E-state index contributed by atoms with van der Waals surface area (Å²) in [5.74, 6) is -0.697. The fourth-order valence-corrected chi connectivity index (χ4v) is 2.71. The van der Waals surface area contributed by atoms with E-state index in [4.69, 9.17) is 4.42 Å². The van der Waals surface area contributed by atoms with Crippen LogP contribution in [-0.4, -0.2) is 24.3 Å². The van der Waals surface area contributed by atoms with Gasteiger partial charge in [-0.2, -0.15) is 5.10 Å². The number of hydrogen-bond acceptors (Lipinski definition) is 5. The molecule has 1 aromatic heterocycles.